The summed E-state index contributed by atoms with van der Waals surface area (Å²) >= 11 is 1.58. The number of aromatic nitrogens is 3. The van der Waals surface area contributed by atoms with Gasteiger partial charge in [-0.05, 0) is 24.6 Å². The number of nitrogen functional groups attached to an aromatic ring is 1. The van der Waals surface area contributed by atoms with Crippen molar-refractivity contribution in [3.8, 4) is 0 Å². The van der Waals surface area contributed by atoms with E-state index >= 15 is 0 Å². The number of nitrogens with two attached hydrogens (primary N) is 1. The van der Waals surface area contributed by atoms with Gasteiger partial charge in [-0.2, -0.15) is 0 Å². The molecular formula is C17H19N5S. The van der Waals surface area contributed by atoms with E-state index in [2.05, 4.69) is 46.7 Å². The molecule has 23 heavy (non-hydrogen) atoms. The summed E-state index contributed by atoms with van der Waals surface area (Å²) in [4.78, 5) is 0. The van der Waals surface area contributed by atoms with Crippen LogP contribution in [0, 0.1) is 6.92 Å². The van der Waals surface area contributed by atoms with Crippen LogP contribution < -0.4 is 11.2 Å². The lowest BCUT2D eigenvalue weighted by Gasteiger charge is -2.07. The lowest BCUT2D eigenvalue weighted by Crippen LogP contribution is -2.16. The van der Waals surface area contributed by atoms with Crippen molar-refractivity contribution in [3.63, 3.8) is 0 Å². The van der Waals surface area contributed by atoms with Gasteiger partial charge in [0.1, 0.15) is 0 Å². The van der Waals surface area contributed by atoms with Crippen LogP contribution in [0.25, 0.3) is 0 Å². The van der Waals surface area contributed by atoms with Crippen LogP contribution in [0.4, 0.5) is 5.69 Å². The van der Waals surface area contributed by atoms with Crippen molar-refractivity contribution in [2.45, 2.75) is 24.4 Å². The topological polar surface area (TPSA) is 68.8 Å². The lowest BCUT2D eigenvalue weighted by atomic mass is 10.2. The first kappa shape index (κ1) is 15.4. The molecule has 0 amide bonds. The Kier molecular flexibility index (Phi) is 4.83. The zero-order chi connectivity index (χ0) is 16.1. The summed E-state index contributed by atoms with van der Waals surface area (Å²) in [5.41, 5.74) is 3.51. The van der Waals surface area contributed by atoms with Gasteiger partial charge in [0.25, 0.3) is 0 Å². The molecule has 118 valence electrons. The monoisotopic (exact) mass is 325 g/mol. The number of benzene rings is 2. The second kappa shape index (κ2) is 7.19. The van der Waals surface area contributed by atoms with E-state index in [9.17, 15) is 0 Å². The second-order valence-electron chi connectivity index (χ2n) is 5.26. The summed E-state index contributed by atoms with van der Waals surface area (Å²) in [5, 5.41) is 12.4. The van der Waals surface area contributed by atoms with Crippen LogP contribution in [-0.2, 0) is 12.3 Å². The van der Waals surface area contributed by atoms with Crippen LogP contribution in [0.1, 0.15) is 17.0 Å². The normalized spacial score (nSPS) is 10.7. The predicted octanol–water partition coefficient (Wildman–Crippen LogP) is 3.20. The van der Waals surface area contributed by atoms with Crippen molar-refractivity contribution < 1.29 is 0 Å². The van der Waals surface area contributed by atoms with Crippen LogP contribution in [0.5, 0.6) is 0 Å². The maximum Gasteiger partial charge on any atom is 0.210 e. The van der Waals surface area contributed by atoms with Gasteiger partial charge in [-0.15, -0.1) is 10.2 Å². The molecule has 3 rings (SSSR count). The van der Waals surface area contributed by atoms with Gasteiger partial charge >= 0.3 is 0 Å². The molecule has 0 atom stereocenters. The minimum absolute atomic E-state index is 0.540. The van der Waals surface area contributed by atoms with Crippen molar-refractivity contribution in [3.05, 3.63) is 71.5 Å². The van der Waals surface area contributed by atoms with E-state index < -0.39 is 0 Å². The minimum Gasteiger partial charge on any atom is -0.378 e. The Balaban J connectivity index is 1.59. The number of hydrogen-bond acceptors (Lipinski definition) is 5. The average Bonchev–Trinajstić information content (AvgIpc) is 2.93. The number of anilines is 1. The molecule has 5 nitrogen and oxygen atoms in total. The van der Waals surface area contributed by atoms with Gasteiger partial charge in [-0.25, -0.2) is 4.68 Å². The summed E-state index contributed by atoms with van der Waals surface area (Å²) in [5.74, 6) is 7.62. The summed E-state index contributed by atoms with van der Waals surface area (Å²) < 4.78 is 1.55. The molecule has 2 aromatic carbocycles. The molecule has 0 saturated carbocycles. The molecule has 0 spiro atoms. The van der Waals surface area contributed by atoms with E-state index in [-0.39, 0.29) is 0 Å². The van der Waals surface area contributed by atoms with E-state index in [0.717, 1.165) is 16.6 Å². The Hall–Kier alpha value is -2.47. The molecule has 1 aromatic heterocycles. The largest absolute Gasteiger partial charge is 0.378 e. The molecule has 3 aromatic rings. The zero-order valence-electron chi connectivity index (χ0n) is 12.9. The number of thioether (sulfide) groups is 1. The van der Waals surface area contributed by atoms with Gasteiger partial charge in [-0.3, -0.25) is 0 Å². The number of nitrogens with one attached hydrogen (secondary N) is 1. The summed E-state index contributed by atoms with van der Waals surface area (Å²) in [6, 6.07) is 18.4. The maximum absolute atomic E-state index is 6.09. The van der Waals surface area contributed by atoms with E-state index in [0.29, 0.717) is 12.4 Å². The highest BCUT2D eigenvalue weighted by molar-refractivity contribution is 7.98. The summed E-state index contributed by atoms with van der Waals surface area (Å²) in [6.07, 6.45) is 0. The molecule has 0 bridgehead atoms. The SMILES string of the molecule is Cc1ccc(NCc2nnc(SCc3ccccc3)n2N)cc1. The van der Waals surface area contributed by atoms with Crippen molar-refractivity contribution in [1.82, 2.24) is 14.9 Å². The smallest absolute Gasteiger partial charge is 0.210 e. The van der Waals surface area contributed by atoms with Crippen molar-refractivity contribution in [2.24, 2.45) is 0 Å². The Morgan fingerprint density at radius 3 is 2.52 bits per heavy atom. The van der Waals surface area contributed by atoms with Crippen LogP contribution in [0.2, 0.25) is 0 Å². The third-order valence-electron chi connectivity index (χ3n) is 3.45. The van der Waals surface area contributed by atoms with Gasteiger partial charge < -0.3 is 11.2 Å². The fraction of sp³-hybridized carbons (Fsp3) is 0.176. The van der Waals surface area contributed by atoms with E-state index in [1.807, 2.05) is 30.3 Å². The first-order valence-corrected chi connectivity index (χ1v) is 8.37. The molecule has 0 aliphatic heterocycles. The van der Waals surface area contributed by atoms with Crippen LogP contribution in [0.3, 0.4) is 0 Å². The molecular weight excluding hydrogens is 306 g/mol. The van der Waals surface area contributed by atoms with Crippen molar-refractivity contribution in [1.29, 1.82) is 0 Å². The van der Waals surface area contributed by atoms with Crippen LogP contribution in [-0.4, -0.2) is 14.9 Å². The molecule has 0 aliphatic rings. The molecule has 0 radical (unpaired) electrons. The molecule has 3 N–H and O–H groups in total. The second-order valence-corrected chi connectivity index (χ2v) is 6.21. The quantitative estimate of drug-likeness (QED) is 0.538. The molecule has 0 saturated heterocycles. The Bertz CT molecular complexity index is 752. The number of aryl methyl sites for hydroxylation is 1. The lowest BCUT2D eigenvalue weighted by molar-refractivity contribution is 0.799. The van der Waals surface area contributed by atoms with Gasteiger partial charge in [-0.1, -0.05) is 59.8 Å². The molecule has 6 heteroatoms. The molecule has 0 fully saturated rings. The van der Waals surface area contributed by atoms with Gasteiger partial charge in [0.15, 0.2) is 5.82 Å². The Morgan fingerprint density at radius 2 is 1.78 bits per heavy atom. The molecule has 1 heterocycles. The van der Waals surface area contributed by atoms with Gasteiger partial charge in [0, 0.05) is 11.4 Å². The average molecular weight is 325 g/mol. The standard InChI is InChI=1S/C17H19N5S/c1-13-7-9-15(10-8-13)19-11-16-20-21-17(22(16)18)23-12-14-5-3-2-4-6-14/h2-10,19H,11-12,18H2,1H3. The van der Waals surface area contributed by atoms with E-state index in [4.69, 9.17) is 5.84 Å². The fourth-order valence-corrected chi connectivity index (χ4v) is 2.93. The minimum atomic E-state index is 0.540. The third kappa shape index (κ3) is 4.04. The highest BCUT2D eigenvalue weighted by Crippen LogP contribution is 2.20. The Labute approximate surface area is 139 Å². The summed E-state index contributed by atoms with van der Waals surface area (Å²) in [7, 11) is 0. The third-order valence-corrected chi connectivity index (χ3v) is 4.46. The molecule has 0 unspecified atom stereocenters. The Morgan fingerprint density at radius 1 is 1.04 bits per heavy atom. The highest BCUT2D eigenvalue weighted by atomic mass is 32.2. The summed E-state index contributed by atoms with van der Waals surface area (Å²) in [6.45, 7) is 2.61. The first-order chi connectivity index (χ1) is 11.2. The number of hydrogen-bond donors (Lipinski definition) is 2. The van der Waals surface area contributed by atoms with Crippen molar-refractivity contribution >= 4 is 17.4 Å². The fourth-order valence-electron chi connectivity index (χ4n) is 2.10. The van der Waals surface area contributed by atoms with Crippen LogP contribution in [0.15, 0.2) is 59.8 Å². The number of rotatable bonds is 6. The zero-order valence-corrected chi connectivity index (χ0v) is 13.8. The van der Waals surface area contributed by atoms with Gasteiger partial charge in [0.2, 0.25) is 5.16 Å². The highest BCUT2D eigenvalue weighted by Gasteiger charge is 2.10. The first-order valence-electron chi connectivity index (χ1n) is 7.39. The molecule has 0 aliphatic carbocycles. The van der Waals surface area contributed by atoms with Crippen LogP contribution >= 0.6 is 11.8 Å². The van der Waals surface area contributed by atoms with Crippen molar-refractivity contribution in [2.75, 3.05) is 11.2 Å². The van der Waals surface area contributed by atoms with E-state index in [1.54, 1.807) is 16.4 Å². The maximum atomic E-state index is 6.09. The van der Waals surface area contributed by atoms with Gasteiger partial charge in [0.05, 0.1) is 6.54 Å². The number of nitrogens with zero attached hydrogens (tertiary/aromatic N) is 3. The predicted molar refractivity (Wildman–Crippen MR) is 94.7 cm³/mol. The van der Waals surface area contributed by atoms with E-state index in [1.165, 1.54) is 11.1 Å².